The number of amides is 1. The van der Waals surface area contributed by atoms with Crippen LogP contribution in [0.25, 0.3) is 0 Å². The maximum Gasteiger partial charge on any atom is 0.341 e. The van der Waals surface area contributed by atoms with Crippen LogP contribution in [-0.2, 0) is 19.4 Å². The lowest BCUT2D eigenvalue weighted by Gasteiger charge is -2.08. The van der Waals surface area contributed by atoms with Crippen molar-refractivity contribution in [1.29, 1.82) is 0 Å². The quantitative estimate of drug-likeness (QED) is 0.391. The first-order valence-corrected chi connectivity index (χ1v) is 9.48. The zero-order valence-corrected chi connectivity index (χ0v) is 15.7. The molecule has 2 rings (SSSR count). The number of non-ortho nitro benzene ring substituents is 1. The largest absolute Gasteiger partial charge is 0.452 e. The van der Waals surface area contributed by atoms with Gasteiger partial charge in [0.25, 0.3) is 11.6 Å². The van der Waals surface area contributed by atoms with Crippen LogP contribution in [0.5, 0.6) is 0 Å². The highest BCUT2D eigenvalue weighted by molar-refractivity contribution is 7.91. The molecular weight excluding hydrogens is 438 g/mol. The molecule has 0 saturated carbocycles. The third-order valence-electron chi connectivity index (χ3n) is 3.43. The second-order valence-electron chi connectivity index (χ2n) is 5.38. The van der Waals surface area contributed by atoms with Crippen LogP contribution in [0.4, 0.5) is 20.2 Å². The van der Waals surface area contributed by atoms with E-state index in [2.05, 4.69) is 5.32 Å². The van der Waals surface area contributed by atoms with Crippen LogP contribution in [0, 0.1) is 10.1 Å². The molecule has 0 atom stereocenters. The number of anilines is 1. The molecular formula is C16H11ClF2N2O7S. The first kappa shape index (κ1) is 22.2. The number of nitro benzene ring substituents is 1. The Morgan fingerprint density at radius 3 is 2.31 bits per heavy atom. The van der Waals surface area contributed by atoms with E-state index in [0.717, 1.165) is 36.4 Å². The van der Waals surface area contributed by atoms with E-state index in [0.29, 0.717) is 0 Å². The summed E-state index contributed by atoms with van der Waals surface area (Å²) in [6, 6.07) is 6.89. The van der Waals surface area contributed by atoms with Gasteiger partial charge in [0.05, 0.1) is 26.1 Å². The van der Waals surface area contributed by atoms with E-state index in [1.807, 2.05) is 0 Å². The number of alkyl halides is 2. The number of nitro groups is 1. The molecule has 0 bridgehead atoms. The molecule has 0 spiro atoms. The number of rotatable bonds is 7. The molecule has 1 amide bonds. The predicted octanol–water partition coefficient (Wildman–Crippen LogP) is 3.04. The Kier molecular flexibility index (Phi) is 6.82. The van der Waals surface area contributed by atoms with Gasteiger partial charge in [-0.15, -0.1) is 0 Å². The van der Waals surface area contributed by atoms with Crippen molar-refractivity contribution < 1.29 is 36.4 Å². The lowest BCUT2D eigenvalue weighted by atomic mass is 10.2. The highest BCUT2D eigenvalue weighted by Crippen LogP contribution is 2.26. The van der Waals surface area contributed by atoms with Crippen LogP contribution >= 0.6 is 11.6 Å². The number of halogens is 3. The number of sulfone groups is 1. The molecule has 1 N–H and O–H groups in total. The number of carbonyl (C=O) groups is 2. The van der Waals surface area contributed by atoms with Crippen molar-refractivity contribution in [1.82, 2.24) is 0 Å². The van der Waals surface area contributed by atoms with E-state index in [-0.39, 0.29) is 22.0 Å². The first-order chi connectivity index (χ1) is 13.5. The highest BCUT2D eigenvalue weighted by atomic mass is 35.5. The summed E-state index contributed by atoms with van der Waals surface area (Å²) in [4.78, 5) is 33.0. The fourth-order valence-electron chi connectivity index (χ4n) is 2.00. The molecule has 0 fully saturated rings. The maximum absolute atomic E-state index is 12.5. The summed E-state index contributed by atoms with van der Waals surface area (Å²) >= 11 is 5.82. The summed E-state index contributed by atoms with van der Waals surface area (Å²) in [5, 5.41) is 12.8. The molecule has 154 valence electrons. The van der Waals surface area contributed by atoms with E-state index in [1.54, 1.807) is 0 Å². The SMILES string of the molecule is O=C(COC(=O)c1ccc(S(=O)(=O)C(F)F)cc1)Nc1ccc([N+](=O)[O-])cc1Cl. The summed E-state index contributed by atoms with van der Waals surface area (Å²) in [6.07, 6.45) is 0. The van der Waals surface area contributed by atoms with Gasteiger partial charge in [-0.1, -0.05) is 11.6 Å². The van der Waals surface area contributed by atoms with Gasteiger partial charge in [0.1, 0.15) is 0 Å². The summed E-state index contributed by atoms with van der Waals surface area (Å²) in [5.41, 5.74) is -0.393. The van der Waals surface area contributed by atoms with E-state index in [1.165, 1.54) is 6.07 Å². The molecule has 0 aliphatic carbocycles. The molecule has 2 aromatic carbocycles. The molecule has 13 heteroatoms. The predicted molar refractivity (Wildman–Crippen MR) is 96.7 cm³/mol. The lowest BCUT2D eigenvalue weighted by Crippen LogP contribution is -2.21. The van der Waals surface area contributed by atoms with Crippen LogP contribution in [0.15, 0.2) is 47.4 Å². The van der Waals surface area contributed by atoms with E-state index in [4.69, 9.17) is 16.3 Å². The third kappa shape index (κ3) is 5.45. The van der Waals surface area contributed by atoms with Crippen molar-refractivity contribution in [3.63, 3.8) is 0 Å². The van der Waals surface area contributed by atoms with Crippen LogP contribution < -0.4 is 5.32 Å². The van der Waals surface area contributed by atoms with Crippen LogP contribution in [0.2, 0.25) is 5.02 Å². The van der Waals surface area contributed by atoms with E-state index >= 15 is 0 Å². The topological polar surface area (TPSA) is 133 Å². The fourth-order valence-corrected chi connectivity index (χ4v) is 2.95. The van der Waals surface area contributed by atoms with Gasteiger partial charge in [0.15, 0.2) is 6.61 Å². The number of benzene rings is 2. The van der Waals surface area contributed by atoms with Crippen LogP contribution in [0.3, 0.4) is 0 Å². The molecule has 0 saturated heterocycles. The minimum Gasteiger partial charge on any atom is -0.452 e. The molecule has 2 aromatic rings. The van der Waals surface area contributed by atoms with Gasteiger partial charge in [-0.2, -0.15) is 8.78 Å². The van der Waals surface area contributed by atoms with Crippen LogP contribution in [-0.4, -0.2) is 37.6 Å². The number of ether oxygens (including phenoxy) is 1. The second kappa shape index (κ2) is 8.92. The average Bonchev–Trinajstić information content (AvgIpc) is 2.67. The van der Waals surface area contributed by atoms with Gasteiger partial charge in [-0.3, -0.25) is 14.9 Å². The molecule has 0 aliphatic heterocycles. The molecule has 0 heterocycles. The van der Waals surface area contributed by atoms with E-state index < -0.39 is 43.9 Å². The Hall–Kier alpha value is -3.12. The number of nitrogens with zero attached hydrogens (tertiary/aromatic N) is 1. The second-order valence-corrected chi connectivity index (χ2v) is 7.70. The Morgan fingerprint density at radius 2 is 1.79 bits per heavy atom. The van der Waals surface area contributed by atoms with Crippen molar-refractivity contribution in [2.75, 3.05) is 11.9 Å². The van der Waals surface area contributed by atoms with Crippen molar-refractivity contribution in [2.24, 2.45) is 0 Å². The lowest BCUT2D eigenvalue weighted by molar-refractivity contribution is -0.384. The van der Waals surface area contributed by atoms with Gasteiger partial charge < -0.3 is 10.1 Å². The molecule has 0 aromatic heterocycles. The minimum absolute atomic E-state index is 0.0554. The number of carbonyl (C=O) groups excluding carboxylic acids is 2. The summed E-state index contributed by atoms with van der Waals surface area (Å²) < 4.78 is 52.3. The fraction of sp³-hybridized carbons (Fsp3) is 0.125. The standard InChI is InChI=1S/C16H11ClF2N2O7S/c17-12-7-10(21(24)25)3-6-13(12)20-14(22)8-28-15(23)9-1-4-11(5-2-9)29(26,27)16(18)19/h1-7,16H,8H2,(H,20,22). The Bertz CT molecular complexity index is 1060. The van der Waals surface area contributed by atoms with Gasteiger partial charge in [-0.05, 0) is 30.3 Å². The van der Waals surface area contributed by atoms with Crippen molar-refractivity contribution in [3.8, 4) is 0 Å². The van der Waals surface area contributed by atoms with Gasteiger partial charge in [0.2, 0.25) is 9.84 Å². The normalized spacial score (nSPS) is 11.2. The maximum atomic E-state index is 12.5. The van der Waals surface area contributed by atoms with Gasteiger partial charge in [0, 0.05) is 12.1 Å². The Labute approximate surface area is 167 Å². The van der Waals surface area contributed by atoms with Crippen molar-refractivity contribution in [3.05, 3.63) is 63.2 Å². The minimum atomic E-state index is -4.80. The van der Waals surface area contributed by atoms with E-state index in [9.17, 15) is 36.9 Å². The summed E-state index contributed by atoms with van der Waals surface area (Å²) in [6.45, 7) is -0.747. The molecule has 0 unspecified atom stereocenters. The van der Waals surface area contributed by atoms with Crippen molar-refractivity contribution in [2.45, 2.75) is 10.7 Å². The zero-order chi connectivity index (χ0) is 21.8. The smallest absolute Gasteiger partial charge is 0.341 e. The summed E-state index contributed by atoms with van der Waals surface area (Å²) in [5.74, 6) is -5.41. The monoisotopic (exact) mass is 448 g/mol. The summed E-state index contributed by atoms with van der Waals surface area (Å²) in [7, 11) is -4.80. The highest BCUT2D eigenvalue weighted by Gasteiger charge is 2.26. The molecule has 9 nitrogen and oxygen atoms in total. The zero-order valence-electron chi connectivity index (χ0n) is 14.2. The average molecular weight is 449 g/mol. The molecule has 29 heavy (non-hydrogen) atoms. The first-order valence-electron chi connectivity index (χ1n) is 7.55. The number of nitrogens with one attached hydrogen (secondary N) is 1. The Balaban J connectivity index is 1.97. The van der Waals surface area contributed by atoms with Gasteiger partial charge >= 0.3 is 11.7 Å². The molecule has 0 aliphatic rings. The Morgan fingerprint density at radius 1 is 1.17 bits per heavy atom. The molecule has 0 radical (unpaired) electrons. The number of hydrogen-bond donors (Lipinski definition) is 1. The number of hydrogen-bond acceptors (Lipinski definition) is 7. The van der Waals surface area contributed by atoms with Gasteiger partial charge in [-0.25, -0.2) is 13.2 Å². The third-order valence-corrected chi connectivity index (χ3v) is 5.14. The van der Waals surface area contributed by atoms with Crippen molar-refractivity contribution >= 4 is 44.7 Å². The van der Waals surface area contributed by atoms with Crippen LogP contribution in [0.1, 0.15) is 10.4 Å². The number of esters is 1.